The summed E-state index contributed by atoms with van der Waals surface area (Å²) in [5.74, 6) is -2.43. The second-order valence-electron chi connectivity index (χ2n) is 8.80. The average molecular weight is 435 g/mol. The van der Waals surface area contributed by atoms with Gasteiger partial charge in [-0.25, -0.2) is 4.99 Å². The minimum Gasteiger partial charge on any atom is -0.316 e. The van der Waals surface area contributed by atoms with E-state index >= 15 is 0 Å². The Morgan fingerprint density at radius 1 is 0.968 bits per heavy atom. The van der Waals surface area contributed by atoms with Crippen LogP contribution in [-0.2, 0) is 9.59 Å². The van der Waals surface area contributed by atoms with E-state index in [1.807, 2.05) is 0 Å². The standard InChI is InChI=1S/C23H28F3N3O2/c24-23(25,26)22(28-20(30)17-12-6-2-7-13-17)21(31)29(18-14-8-3-9-15-18)19(27-22)16-10-4-1-5-11-16/h1,4-5,10-11,17-18H,2-3,6-9,12-15H2,(H,28,30). The zero-order chi connectivity index (χ0) is 22.1. The van der Waals surface area contributed by atoms with E-state index in [9.17, 15) is 22.8 Å². The van der Waals surface area contributed by atoms with Crippen molar-refractivity contribution in [2.24, 2.45) is 10.9 Å². The molecule has 2 aliphatic carbocycles. The fraction of sp³-hybridized carbons (Fsp3) is 0.609. The summed E-state index contributed by atoms with van der Waals surface area (Å²) >= 11 is 0. The molecule has 0 radical (unpaired) electrons. The highest BCUT2D eigenvalue weighted by atomic mass is 19.4. The highest BCUT2D eigenvalue weighted by molar-refractivity contribution is 6.16. The fourth-order valence-corrected chi connectivity index (χ4v) is 4.98. The molecule has 1 unspecified atom stereocenters. The molecule has 3 aliphatic rings. The van der Waals surface area contributed by atoms with Crippen molar-refractivity contribution < 1.29 is 22.8 Å². The van der Waals surface area contributed by atoms with E-state index in [-0.39, 0.29) is 11.9 Å². The van der Waals surface area contributed by atoms with Crippen LogP contribution in [0.15, 0.2) is 35.3 Å². The Bertz CT molecular complexity index is 843. The lowest BCUT2D eigenvalue weighted by atomic mass is 9.88. The van der Waals surface area contributed by atoms with Gasteiger partial charge in [0.05, 0.1) is 0 Å². The largest absolute Gasteiger partial charge is 0.442 e. The number of amides is 2. The molecule has 8 heteroatoms. The number of nitrogens with one attached hydrogen (secondary N) is 1. The maximum atomic E-state index is 14.5. The van der Waals surface area contributed by atoms with Crippen molar-refractivity contribution in [1.82, 2.24) is 10.2 Å². The van der Waals surface area contributed by atoms with E-state index in [1.165, 1.54) is 4.90 Å². The number of hydrogen-bond donors (Lipinski definition) is 1. The van der Waals surface area contributed by atoms with E-state index in [2.05, 4.69) is 10.3 Å². The summed E-state index contributed by atoms with van der Waals surface area (Å²) in [6, 6.07) is 8.11. The predicted octanol–water partition coefficient (Wildman–Crippen LogP) is 4.56. The normalized spacial score (nSPS) is 26.1. The van der Waals surface area contributed by atoms with Crippen molar-refractivity contribution in [3.8, 4) is 0 Å². The number of nitrogens with zero attached hydrogens (tertiary/aromatic N) is 2. The molecule has 0 bridgehead atoms. The number of amidine groups is 1. The van der Waals surface area contributed by atoms with Gasteiger partial charge in [0.1, 0.15) is 5.84 Å². The van der Waals surface area contributed by atoms with E-state index in [1.54, 1.807) is 30.3 Å². The number of rotatable bonds is 4. The summed E-state index contributed by atoms with van der Waals surface area (Å²) in [7, 11) is 0. The Kier molecular flexibility index (Phi) is 6.08. The van der Waals surface area contributed by atoms with Gasteiger partial charge in [0, 0.05) is 17.5 Å². The van der Waals surface area contributed by atoms with Crippen molar-refractivity contribution in [3.63, 3.8) is 0 Å². The third-order valence-electron chi connectivity index (χ3n) is 6.69. The highest BCUT2D eigenvalue weighted by Crippen LogP contribution is 2.41. The quantitative estimate of drug-likeness (QED) is 0.754. The van der Waals surface area contributed by atoms with Crippen LogP contribution in [0.2, 0.25) is 0 Å². The zero-order valence-electron chi connectivity index (χ0n) is 17.5. The smallest absolute Gasteiger partial charge is 0.316 e. The monoisotopic (exact) mass is 435 g/mol. The summed E-state index contributed by atoms with van der Waals surface area (Å²) < 4.78 is 43.4. The maximum absolute atomic E-state index is 14.5. The van der Waals surface area contributed by atoms with Gasteiger partial charge in [-0.1, -0.05) is 68.9 Å². The number of alkyl halides is 3. The minimum absolute atomic E-state index is 0.00114. The van der Waals surface area contributed by atoms with Gasteiger partial charge in [-0.3, -0.25) is 14.5 Å². The Morgan fingerprint density at radius 3 is 2.13 bits per heavy atom. The number of hydrogen-bond acceptors (Lipinski definition) is 3. The van der Waals surface area contributed by atoms with Crippen LogP contribution in [-0.4, -0.2) is 40.4 Å². The SMILES string of the molecule is O=C(NC1(C(F)(F)F)N=C(c2ccccc2)N(C2CCCCC2)C1=O)C1CCCCC1. The molecule has 2 saturated carbocycles. The predicted molar refractivity (Wildman–Crippen MR) is 110 cm³/mol. The molecule has 1 aromatic carbocycles. The Balaban J connectivity index is 1.75. The van der Waals surface area contributed by atoms with Crippen LogP contribution < -0.4 is 5.32 Å². The van der Waals surface area contributed by atoms with Gasteiger partial charge >= 0.3 is 11.8 Å². The minimum atomic E-state index is -5.04. The molecular weight excluding hydrogens is 407 g/mol. The summed E-state index contributed by atoms with van der Waals surface area (Å²) in [5, 5.41) is 2.08. The van der Waals surface area contributed by atoms with Gasteiger partial charge in [-0.2, -0.15) is 13.2 Å². The van der Waals surface area contributed by atoms with Gasteiger partial charge in [0.2, 0.25) is 5.91 Å². The van der Waals surface area contributed by atoms with Crippen LogP contribution in [0.25, 0.3) is 0 Å². The highest BCUT2D eigenvalue weighted by Gasteiger charge is 2.68. The Morgan fingerprint density at radius 2 is 1.55 bits per heavy atom. The molecule has 0 saturated heterocycles. The van der Waals surface area contributed by atoms with E-state index in [0.717, 1.165) is 38.5 Å². The first-order valence-electron chi connectivity index (χ1n) is 11.2. The Labute approximate surface area is 180 Å². The van der Waals surface area contributed by atoms with Gasteiger partial charge < -0.3 is 5.32 Å². The van der Waals surface area contributed by atoms with Crippen LogP contribution in [0.5, 0.6) is 0 Å². The summed E-state index contributed by atoms with van der Waals surface area (Å²) in [5.41, 5.74) is -2.82. The first kappa shape index (κ1) is 21.8. The summed E-state index contributed by atoms with van der Waals surface area (Å²) in [6.45, 7) is 0. The zero-order valence-corrected chi connectivity index (χ0v) is 17.5. The molecule has 31 heavy (non-hydrogen) atoms. The summed E-state index contributed by atoms with van der Waals surface area (Å²) in [6.07, 6.45) is 2.56. The molecular formula is C23H28F3N3O2. The molecule has 0 spiro atoms. The van der Waals surface area contributed by atoms with E-state index in [0.29, 0.717) is 31.2 Å². The number of halogens is 3. The third-order valence-corrected chi connectivity index (χ3v) is 6.69. The Hall–Kier alpha value is -2.38. The first-order chi connectivity index (χ1) is 14.8. The van der Waals surface area contributed by atoms with E-state index < -0.39 is 29.6 Å². The number of carbonyl (C=O) groups excluding carboxylic acids is 2. The van der Waals surface area contributed by atoms with Crippen molar-refractivity contribution in [1.29, 1.82) is 0 Å². The lowest BCUT2D eigenvalue weighted by Crippen LogP contribution is -2.65. The van der Waals surface area contributed by atoms with Crippen molar-refractivity contribution in [2.45, 2.75) is 82.1 Å². The topological polar surface area (TPSA) is 61.8 Å². The number of benzene rings is 1. The van der Waals surface area contributed by atoms with Crippen LogP contribution >= 0.6 is 0 Å². The fourth-order valence-electron chi connectivity index (χ4n) is 4.98. The van der Waals surface area contributed by atoms with Crippen LogP contribution in [0.4, 0.5) is 13.2 Å². The molecule has 1 aliphatic heterocycles. The van der Waals surface area contributed by atoms with Crippen LogP contribution in [0.1, 0.15) is 69.8 Å². The molecule has 5 nitrogen and oxygen atoms in total. The van der Waals surface area contributed by atoms with Gasteiger partial charge in [0.25, 0.3) is 5.91 Å². The second kappa shape index (κ2) is 8.63. The molecule has 1 N–H and O–H groups in total. The maximum Gasteiger partial charge on any atom is 0.442 e. The van der Waals surface area contributed by atoms with Gasteiger partial charge in [0.15, 0.2) is 0 Å². The van der Waals surface area contributed by atoms with Crippen molar-refractivity contribution in [3.05, 3.63) is 35.9 Å². The van der Waals surface area contributed by atoms with Crippen molar-refractivity contribution >= 4 is 17.6 Å². The molecule has 1 aromatic rings. The molecule has 1 heterocycles. The van der Waals surface area contributed by atoms with Gasteiger partial charge in [-0.15, -0.1) is 0 Å². The number of aliphatic imine (C=N–C) groups is 1. The van der Waals surface area contributed by atoms with Crippen LogP contribution in [0, 0.1) is 5.92 Å². The molecule has 0 aromatic heterocycles. The lowest BCUT2D eigenvalue weighted by molar-refractivity contribution is -0.201. The van der Waals surface area contributed by atoms with E-state index in [4.69, 9.17) is 0 Å². The molecule has 4 rings (SSSR count). The lowest BCUT2D eigenvalue weighted by Gasteiger charge is -2.35. The second-order valence-corrected chi connectivity index (χ2v) is 8.80. The summed E-state index contributed by atoms with van der Waals surface area (Å²) in [4.78, 5) is 31.5. The van der Waals surface area contributed by atoms with Crippen molar-refractivity contribution in [2.75, 3.05) is 0 Å². The molecule has 2 fully saturated rings. The van der Waals surface area contributed by atoms with Crippen LogP contribution in [0.3, 0.4) is 0 Å². The molecule has 168 valence electrons. The number of carbonyl (C=O) groups is 2. The molecule has 2 amide bonds. The molecule has 1 atom stereocenters. The van der Waals surface area contributed by atoms with Gasteiger partial charge in [-0.05, 0) is 25.7 Å². The first-order valence-corrected chi connectivity index (χ1v) is 11.2. The third kappa shape index (κ3) is 4.08. The average Bonchev–Trinajstić information content (AvgIpc) is 3.09.